The smallest absolute Gasteiger partial charge is 0.305 e. The molecule has 4 nitrogen and oxygen atoms in total. The van der Waals surface area contributed by atoms with E-state index in [2.05, 4.69) is 20.9 Å². The number of benzene rings is 1. The number of halogens is 1. The molecule has 0 saturated heterocycles. The van der Waals surface area contributed by atoms with Gasteiger partial charge in [0.15, 0.2) is 5.90 Å². The molecule has 0 saturated carbocycles. The highest BCUT2D eigenvalue weighted by Gasteiger charge is 2.21. The molecule has 1 aliphatic rings. The van der Waals surface area contributed by atoms with Gasteiger partial charge in [-0.1, -0.05) is 28.1 Å². The summed E-state index contributed by atoms with van der Waals surface area (Å²) in [5, 5.41) is 8.65. The van der Waals surface area contributed by atoms with Crippen LogP contribution in [-0.2, 0) is 16.0 Å². The number of hydrogen-bond acceptors (Lipinski definition) is 3. The molecular formula is C12H12BrNO3. The summed E-state index contributed by atoms with van der Waals surface area (Å²) in [5.74, 6) is -0.217. The third-order valence-electron chi connectivity index (χ3n) is 2.45. The highest BCUT2D eigenvalue weighted by molar-refractivity contribution is 9.10. The molecular weight excluding hydrogens is 286 g/mol. The van der Waals surface area contributed by atoms with Crippen LogP contribution < -0.4 is 0 Å². The van der Waals surface area contributed by atoms with E-state index >= 15 is 0 Å². The van der Waals surface area contributed by atoms with Crippen LogP contribution >= 0.6 is 15.9 Å². The average Bonchev–Trinajstić information content (AvgIpc) is 2.68. The molecule has 0 radical (unpaired) electrons. The molecule has 1 aromatic rings. The Morgan fingerprint density at radius 2 is 2.18 bits per heavy atom. The van der Waals surface area contributed by atoms with Gasteiger partial charge in [0.05, 0.1) is 12.5 Å². The van der Waals surface area contributed by atoms with Gasteiger partial charge in [-0.2, -0.15) is 0 Å². The number of carboxylic acid groups (broad SMARTS) is 1. The summed E-state index contributed by atoms with van der Waals surface area (Å²) in [6.45, 7) is 0.373. The molecule has 0 spiro atoms. The molecule has 1 unspecified atom stereocenters. The van der Waals surface area contributed by atoms with Crippen molar-refractivity contribution in [2.45, 2.75) is 18.9 Å². The van der Waals surface area contributed by atoms with Gasteiger partial charge in [0.25, 0.3) is 0 Å². The number of nitrogens with zero attached hydrogens (tertiary/aromatic N) is 1. The second-order valence-corrected chi connectivity index (χ2v) is 4.80. The van der Waals surface area contributed by atoms with E-state index in [0.717, 1.165) is 10.0 Å². The third-order valence-corrected chi connectivity index (χ3v) is 2.98. The van der Waals surface area contributed by atoms with Crippen LogP contribution in [0.2, 0.25) is 0 Å². The number of carboxylic acids is 1. The molecule has 90 valence electrons. The minimum Gasteiger partial charge on any atom is -0.481 e. The molecule has 5 heteroatoms. The van der Waals surface area contributed by atoms with Crippen molar-refractivity contribution < 1.29 is 14.6 Å². The molecule has 0 amide bonds. The fourth-order valence-electron chi connectivity index (χ4n) is 1.65. The van der Waals surface area contributed by atoms with Crippen LogP contribution in [0.15, 0.2) is 33.7 Å². The lowest BCUT2D eigenvalue weighted by atomic mass is 10.1. The van der Waals surface area contributed by atoms with Crippen LogP contribution in [-0.4, -0.2) is 29.6 Å². The quantitative estimate of drug-likeness (QED) is 0.927. The summed E-state index contributed by atoms with van der Waals surface area (Å²) in [6, 6.07) is 7.65. The summed E-state index contributed by atoms with van der Waals surface area (Å²) in [5.41, 5.74) is 1.10. The molecule has 1 aromatic carbocycles. The van der Waals surface area contributed by atoms with Crippen molar-refractivity contribution in [3.63, 3.8) is 0 Å². The summed E-state index contributed by atoms with van der Waals surface area (Å²) in [7, 11) is 0. The molecule has 0 fully saturated rings. The van der Waals surface area contributed by atoms with Crippen molar-refractivity contribution in [1.29, 1.82) is 0 Å². The zero-order chi connectivity index (χ0) is 12.3. The predicted octanol–water partition coefficient (Wildman–Crippen LogP) is 2.26. The van der Waals surface area contributed by atoms with Gasteiger partial charge in [-0.25, -0.2) is 4.99 Å². The molecule has 0 bridgehead atoms. The highest BCUT2D eigenvalue weighted by atomic mass is 79.9. The van der Waals surface area contributed by atoms with Gasteiger partial charge >= 0.3 is 5.97 Å². The Balaban J connectivity index is 1.96. The predicted molar refractivity (Wildman–Crippen MR) is 67.3 cm³/mol. The van der Waals surface area contributed by atoms with Crippen molar-refractivity contribution in [2.75, 3.05) is 6.61 Å². The summed E-state index contributed by atoms with van der Waals surface area (Å²) < 4.78 is 6.40. The number of aliphatic imine (C=N–C) groups is 1. The molecule has 1 aliphatic heterocycles. The SMILES string of the molecule is O=C(O)CC1COC(Cc2ccc(Br)cc2)=N1. The van der Waals surface area contributed by atoms with Crippen LogP contribution in [0, 0.1) is 0 Å². The van der Waals surface area contributed by atoms with Crippen LogP contribution in [0.5, 0.6) is 0 Å². The lowest BCUT2D eigenvalue weighted by Crippen LogP contribution is -2.12. The van der Waals surface area contributed by atoms with Gasteiger partial charge in [-0.3, -0.25) is 4.79 Å². The second kappa shape index (κ2) is 5.31. The molecule has 1 N–H and O–H groups in total. The zero-order valence-electron chi connectivity index (χ0n) is 9.10. The maximum absolute atomic E-state index is 10.5. The second-order valence-electron chi connectivity index (χ2n) is 3.89. The Hall–Kier alpha value is -1.36. The minimum atomic E-state index is -0.841. The van der Waals surface area contributed by atoms with Gasteiger partial charge in [0.2, 0.25) is 0 Å². The van der Waals surface area contributed by atoms with Gasteiger partial charge in [-0.05, 0) is 17.7 Å². The third kappa shape index (κ3) is 3.56. The molecule has 0 aliphatic carbocycles. The van der Waals surface area contributed by atoms with Crippen molar-refractivity contribution in [2.24, 2.45) is 4.99 Å². The maximum Gasteiger partial charge on any atom is 0.305 e. The standard InChI is InChI=1S/C12H12BrNO3/c13-9-3-1-8(2-4-9)5-11-14-10(7-17-11)6-12(15)16/h1-4,10H,5-7H2,(H,15,16). The number of hydrogen-bond donors (Lipinski definition) is 1. The van der Waals surface area contributed by atoms with E-state index in [-0.39, 0.29) is 12.5 Å². The molecule has 1 atom stereocenters. The summed E-state index contributed by atoms with van der Waals surface area (Å²) >= 11 is 3.37. The number of aliphatic carboxylic acids is 1. The molecule has 0 aromatic heterocycles. The van der Waals surface area contributed by atoms with Crippen molar-refractivity contribution in [1.82, 2.24) is 0 Å². The highest BCUT2D eigenvalue weighted by Crippen LogP contribution is 2.15. The number of rotatable bonds is 4. The van der Waals surface area contributed by atoms with E-state index in [1.807, 2.05) is 24.3 Å². The van der Waals surface area contributed by atoms with Crippen molar-refractivity contribution >= 4 is 27.8 Å². The Morgan fingerprint density at radius 1 is 1.47 bits per heavy atom. The normalized spacial score (nSPS) is 18.6. The Morgan fingerprint density at radius 3 is 2.82 bits per heavy atom. The molecule has 2 rings (SSSR count). The first-order chi connectivity index (χ1) is 8.13. The number of ether oxygens (including phenoxy) is 1. The van der Waals surface area contributed by atoms with Gasteiger partial charge in [-0.15, -0.1) is 0 Å². The Labute approximate surface area is 107 Å². The first kappa shape index (κ1) is 12.1. The minimum absolute atomic E-state index is 0.0316. The van der Waals surface area contributed by atoms with Crippen molar-refractivity contribution in [3.05, 3.63) is 34.3 Å². The lowest BCUT2D eigenvalue weighted by Gasteiger charge is -2.01. The Kier molecular flexibility index (Phi) is 3.78. The van der Waals surface area contributed by atoms with Crippen LogP contribution in [0.1, 0.15) is 12.0 Å². The maximum atomic E-state index is 10.5. The van der Waals surface area contributed by atoms with Crippen molar-refractivity contribution in [3.8, 4) is 0 Å². The van der Waals surface area contributed by atoms with Crippen LogP contribution in [0.4, 0.5) is 0 Å². The lowest BCUT2D eigenvalue weighted by molar-refractivity contribution is -0.137. The fraction of sp³-hybridized carbons (Fsp3) is 0.333. The van der Waals surface area contributed by atoms with E-state index < -0.39 is 5.97 Å². The topological polar surface area (TPSA) is 58.9 Å². The van der Waals surface area contributed by atoms with Gasteiger partial charge < -0.3 is 9.84 Å². The fourth-order valence-corrected chi connectivity index (χ4v) is 1.91. The van der Waals surface area contributed by atoms with E-state index in [1.54, 1.807) is 0 Å². The van der Waals surface area contributed by atoms with E-state index in [4.69, 9.17) is 9.84 Å². The van der Waals surface area contributed by atoms with Gasteiger partial charge in [0, 0.05) is 10.9 Å². The van der Waals surface area contributed by atoms with E-state index in [9.17, 15) is 4.79 Å². The average molecular weight is 298 g/mol. The van der Waals surface area contributed by atoms with E-state index in [0.29, 0.717) is 18.9 Å². The zero-order valence-corrected chi connectivity index (χ0v) is 10.7. The summed E-state index contributed by atoms with van der Waals surface area (Å²) in [4.78, 5) is 14.8. The molecule has 17 heavy (non-hydrogen) atoms. The monoisotopic (exact) mass is 297 g/mol. The molecule has 1 heterocycles. The first-order valence-corrected chi connectivity index (χ1v) is 6.08. The number of carbonyl (C=O) groups is 1. The summed E-state index contributed by atoms with van der Waals surface area (Å²) in [6.07, 6.45) is 0.646. The van der Waals surface area contributed by atoms with Gasteiger partial charge in [0.1, 0.15) is 6.61 Å². The largest absolute Gasteiger partial charge is 0.481 e. The first-order valence-electron chi connectivity index (χ1n) is 5.29. The van der Waals surface area contributed by atoms with E-state index in [1.165, 1.54) is 0 Å². The van der Waals surface area contributed by atoms with Crippen LogP contribution in [0.3, 0.4) is 0 Å². The van der Waals surface area contributed by atoms with Crippen LogP contribution in [0.25, 0.3) is 0 Å². The Bertz CT molecular complexity index is 442.